The second-order valence-electron chi connectivity index (χ2n) is 10.7. The highest BCUT2D eigenvalue weighted by molar-refractivity contribution is 6.04. The van der Waals surface area contributed by atoms with E-state index in [9.17, 15) is 23.2 Å². The predicted octanol–water partition coefficient (Wildman–Crippen LogP) is 6.38. The number of aromatic nitrogens is 2. The summed E-state index contributed by atoms with van der Waals surface area (Å²) in [7, 11) is 1.97. The number of aliphatic carboxylic acids is 1. The van der Waals surface area contributed by atoms with E-state index in [0.29, 0.717) is 42.3 Å². The molecule has 2 N–H and O–H groups in total. The molecular weight excluding hydrogens is 599 g/mol. The van der Waals surface area contributed by atoms with Crippen LogP contribution in [0.3, 0.4) is 0 Å². The van der Waals surface area contributed by atoms with Crippen molar-refractivity contribution >= 4 is 28.3 Å². The quantitative estimate of drug-likeness (QED) is 0.233. The van der Waals surface area contributed by atoms with E-state index in [1.165, 1.54) is 0 Å². The van der Waals surface area contributed by atoms with Gasteiger partial charge in [0, 0.05) is 30.4 Å². The molecule has 5 aromatic rings. The van der Waals surface area contributed by atoms with Crippen LogP contribution >= 0.6 is 0 Å². The molecule has 0 aliphatic carbocycles. The zero-order valence-electron chi connectivity index (χ0n) is 24.5. The van der Waals surface area contributed by atoms with Gasteiger partial charge < -0.3 is 19.7 Å². The van der Waals surface area contributed by atoms with Crippen molar-refractivity contribution in [1.29, 1.82) is 5.26 Å². The van der Waals surface area contributed by atoms with Crippen molar-refractivity contribution in [3.63, 3.8) is 0 Å². The molecule has 6 rings (SSSR count). The second kappa shape index (κ2) is 13.5. The van der Waals surface area contributed by atoms with Crippen LogP contribution in [0.1, 0.15) is 22.4 Å². The Labute approximate surface area is 262 Å². The molecule has 9 nitrogen and oxygen atoms in total. The van der Waals surface area contributed by atoms with Crippen LogP contribution < -0.4 is 10.1 Å². The Morgan fingerprint density at radius 3 is 2.54 bits per heavy atom. The Hall–Kier alpha value is -5.67. The van der Waals surface area contributed by atoms with Crippen molar-refractivity contribution < 1.29 is 32.6 Å². The number of benzene rings is 4. The van der Waals surface area contributed by atoms with Gasteiger partial charge in [-0.2, -0.15) is 18.4 Å². The number of likely N-dealkylation sites (N-methyl/N-ethyl adjacent to an activating group) is 1. The van der Waals surface area contributed by atoms with E-state index < -0.39 is 18.2 Å². The molecule has 1 aliphatic heterocycles. The van der Waals surface area contributed by atoms with Crippen molar-refractivity contribution in [2.45, 2.75) is 31.7 Å². The van der Waals surface area contributed by atoms with E-state index in [4.69, 9.17) is 14.6 Å². The molecule has 46 heavy (non-hydrogen) atoms. The van der Waals surface area contributed by atoms with E-state index in [1.54, 1.807) is 12.4 Å². The first-order valence-electron chi connectivity index (χ1n) is 14.1. The van der Waals surface area contributed by atoms with Crippen LogP contribution in [0.15, 0.2) is 97.5 Å². The summed E-state index contributed by atoms with van der Waals surface area (Å²) in [6.07, 6.45) is -0.888. The molecule has 0 radical (unpaired) electrons. The van der Waals surface area contributed by atoms with Gasteiger partial charge in [0.05, 0.1) is 23.6 Å². The fourth-order valence-electron chi connectivity index (χ4n) is 5.08. The molecule has 0 fully saturated rings. The first-order chi connectivity index (χ1) is 22.0. The lowest BCUT2D eigenvalue weighted by atomic mass is 10.0. The molecule has 12 heteroatoms. The third kappa shape index (κ3) is 7.51. The van der Waals surface area contributed by atoms with Crippen molar-refractivity contribution in [2.24, 2.45) is 0 Å². The predicted molar refractivity (Wildman–Crippen MR) is 164 cm³/mol. The molecule has 4 aromatic carbocycles. The summed E-state index contributed by atoms with van der Waals surface area (Å²) in [4.78, 5) is 29.2. The molecule has 1 atom stereocenters. The second-order valence-corrected chi connectivity index (χ2v) is 10.7. The molecule has 4 bridgehead atoms. The van der Waals surface area contributed by atoms with Gasteiger partial charge in [0.2, 0.25) is 5.91 Å². The zero-order chi connectivity index (χ0) is 32.8. The van der Waals surface area contributed by atoms with Crippen LogP contribution in [0.4, 0.5) is 18.9 Å². The Kier molecular flexibility index (Phi) is 9.34. The van der Waals surface area contributed by atoms with Gasteiger partial charge in [0.15, 0.2) is 0 Å². The SMILES string of the molecule is CN1Cc2cncn2Cc2ccc(C#N)c(c2)Oc2ccc3cccc(c3c2)NC(=O)[C@H]1Cc1ccccc1.O=C(O)C(F)(F)F. The summed E-state index contributed by atoms with van der Waals surface area (Å²) in [5.74, 6) is -1.77. The zero-order valence-corrected chi connectivity index (χ0v) is 24.5. The number of carboxylic acids is 1. The summed E-state index contributed by atoms with van der Waals surface area (Å²) in [6, 6.07) is 29.1. The number of amides is 1. The third-order valence-electron chi connectivity index (χ3n) is 7.42. The monoisotopic (exact) mass is 627 g/mol. The number of nitrogens with zero attached hydrogens (tertiary/aromatic N) is 4. The van der Waals surface area contributed by atoms with Gasteiger partial charge in [-0.15, -0.1) is 0 Å². The maximum atomic E-state index is 13.9. The minimum Gasteiger partial charge on any atom is -0.475 e. The molecule has 0 saturated heterocycles. The number of fused-ring (bicyclic) bond motifs is 4. The van der Waals surface area contributed by atoms with Crippen LogP contribution in [0.25, 0.3) is 10.8 Å². The van der Waals surface area contributed by atoms with Gasteiger partial charge in [-0.05, 0) is 60.3 Å². The van der Waals surface area contributed by atoms with Crippen LogP contribution in [0.2, 0.25) is 0 Å². The summed E-state index contributed by atoms with van der Waals surface area (Å²) in [5.41, 5.74) is 4.22. The van der Waals surface area contributed by atoms with Crippen LogP contribution in [0.5, 0.6) is 11.5 Å². The van der Waals surface area contributed by atoms with E-state index in [1.807, 2.05) is 92.1 Å². The maximum absolute atomic E-state index is 13.9. The van der Waals surface area contributed by atoms with Crippen molar-refractivity contribution in [1.82, 2.24) is 14.5 Å². The minimum absolute atomic E-state index is 0.0877. The van der Waals surface area contributed by atoms with Crippen LogP contribution in [-0.2, 0) is 29.1 Å². The van der Waals surface area contributed by atoms with Crippen molar-refractivity contribution in [3.8, 4) is 17.6 Å². The van der Waals surface area contributed by atoms with Gasteiger partial charge >= 0.3 is 12.1 Å². The first-order valence-corrected chi connectivity index (χ1v) is 14.1. The van der Waals surface area contributed by atoms with Crippen molar-refractivity contribution in [2.75, 3.05) is 12.4 Å². The fourth-order valence-corrected chi connectivity index (χ4v) is 5.08. The van der Waals surface area contributed by atoms with E-state index in [-0.39, 0.29) is 5.91 Å². The van der Waals surface area contributed by atoms with Gasteiger partial charge in [-0.25, -0.2) is 9.78 Å². The maximum Gasteiger partial charge on any atom is 0.490 e. The normalized spacial score (nSPS) is 15.1. The summed E-state index contributed by atoms with van der Waals surface area (Å²) < 4.78 is 40.0. The van der Waals surface area contributed by atoms with E-state index in [2.05, 4.69) is 25.8 Å². The first kappa shape index (κ1) is 31.7. The van der Waals surface area contributed by atoms with Crippen LogP contribution in [0, 0.1) is 11.3 Å². The largest absolute Gasteiger partial charge is 0.490 e. The highest BCUT2D eigenvalue weighted by Crippen LogP contribution is 2.32. The number of imidazole rings is 1. The lowest BCUT2D eigenvalue weighted by molar-refractivity contribution is -0.192. The molecule has 234 valence electrons. The lowest BCUT2D eigenvalue weighted by Crippen LogP contribution is -2.43. The lowest BCUT2D eigenvalue weighted by Gasteiger charge is -2.28. The Morgan fingerprint density at radius 2 is 1.83 bits per heavy atom. The van der Waals surface area contributed by atoms with Gasteiger partial charge in [-0.1, -0.05) is 54.6 Å². The number of anilines is 1. The highest BCUT2D eigenvalue weighted by Gasteiger charge is 2.38. The smallest absolute Gasteiger partial charge is 0.475 e. The number of nitrogens with one attached hydrogen (secondary N) is 1. The summed E-state index contributed by atoms with van der Waals surface area (Å²) >= 11 is 0. The van der Waals surface area contributed by atoms with Crippen molar-refractivity contribution in [3.05, 3.63) is 120 Å². The third-order valence-corrected chi connectivity index (χ3v) is 7.42. The molecule has 0 spiro atoms. The number of halogens is 3. The molecule has 2 heterocycles. The number of hydrogen-bond donors (Lipinski definition) is 2. The average Bonchev–Trinajstić information content (AvgIpc) is 3.46. The molecule has 0 saturated carbocycles. The number of carbonyl (C=O) groups is 2. The Balaban J connectivity index is 0.000000537. The Morgan fingerprint density at radius 1 is 1.07 bits per heavy atom. The number of rotatable bonds is 2. The molecule has 0 unspecified atom stereocenters. The van der Waals surface area contributed by atoms with Gasteiger partial charge in [-0.3, -0.25) is 9.69 Å². The molecule has 1 aromatic heterocycles. The molecule has 1 aliphatic rings. The number of nitriles is 1. The number of ether oxygens (including phenoxy) is 1. The summed E-state index contributed by atoms with van der Waals surface area (Å²) in [5, 5.41) is 21.9. The topological polar surface area (TPSA) is 120 Å². The van der Waals surface area contributed by atoms with Crippen LogP contribution in [-0.4, -0.2) is 50.7 Å². The van der Waals surface area contributed by atoms with Gasteiger partial charge in [0.1, 0.15) is 17.6 Å². The number of alkyl halides is 3. The fraction of sp³-hybridized carbons (Fsp3) is 0.176. The number of hydrogen-bond acceptors (Lipinski definition) is 6. The number of carbonyl (C=O) groups excluding carboxylic acids is 1. The number of carboxylic acid groups (broad SMARTS) is 1. The minimum atomic E-state index is -5.08. The van der Waals surface area contributed by atoms with E-state index >= 15 is 0 Å². The highest BCUT2D eigenvalue weighted by atomic mass is 19.4. The standard InChI is InChI=1S/C32H27N5O2.C2HF3O2/c1-36-20-26-18-34-21-37(26)19-23-10-11-25(17-33)31(15-23)39-27-13-12-24-8-5-9-29(28(24)16-27)35-32(38)30(36)14-22-6-3-2-4-7-22;3-2(4,5)1(6)7/h2-13,15-16,18,21,30H,14,19-20H2,1H3,(H,35,38);(H,6,7)/t30-;/m1./s1. The molecule has 1 amide bonds. The summed E-state index contributed by atoms with van der Waals surface area (Å²) in [6.45, 7) is 1.09. The molecular formula is C34H28F3N5O4. The van der Waals surface area contributed by atoms with Gasteiger partial charge in [0.25, 0.3) is 0 Å². The average molecular weight is 628 g/mol. The van der Waals surface area contributed by atoms with E-state index in [0.717, 1.165) is 27.6 Å². The Bertz CT molecular complexity index is 1920.